The zero-order chi connectivity index (χ0) is 9.61. The summed E-state index contributed by atoms with van der Waals surface area (Å²) in [6, 6.07) is 2.36. The molecule has 0 aromatic rings. The Morgan fingerprint density at radius 3 is 2.25 bits per heavy atom. The van der Waals surface area contributed by atoms with Crippen LogP contribution in [-0.2, 0) is 9.53 Å². The molecule has 0 fully saturated rings. The highest BCUT2D eigenvalue weighted by atomic mass is 28.3. The summed E-state index contributed by atoms with van der Waals surface area (Å²) in [4.78, 5) is 10.8. The molecule has 0 amide bonds. The predicted octanol–water partition coefficient (Wildman–Crippen LogP) is 2.37. The largest absolute Gasteiger partial charge is 0.466 e. The molecule has 0 aliphatic heterocycles. The molecule has 0 radical (unpaired) electrons. The SMILES string of the molecule is CC[Si](C)(C=CC(=O)OC)CC. The van der Waals surface area contributed by atoms with Gasteiger partial charge in [-0.2, -0.15) is 0 Å². The van der Waals surface area contributed by atoms with Crippen LogP contribution in [0.5, 0.6) is 0 Å². The fraction of sp³-hybridized carbons (Fsp3) is 0.667. The summed E-state index contributed by atoms with van der Waals surface area (Å²) in [6.45, 7) is 6.63. The van der Waals surface area contributed by atoms with E-state index < -0.39 is 8.07 Å². The van der Waals surface area contributed by atoms with Crippen molar-refractivity contribution in [3.05, 3.63) is 11.8 Å². The van der Waals surface area contributed by atoms with E-state index in [1.165, 1.54) is 19.2 Å². The van der Waals surface area contributed by atoms with E-state index in [9.17, 15) is 4.79 Å². The van der Waals surface area contributed by atoms with Crippen LogP contribution in [0.15, 0.2) is 11.8 Å². The van der Waals surface area contributed by atoms with Crippen molar-refractivity contribution in [2.24, 2.45) is 0 Å². The number of ether oxygens (including phenoxy) is 1. The number of rotatable bonds is 4. The van der Waals surface area contributed by atoms with Crippen molar-refractivity contribution in [2.75, 3.05) is 7.11 Å². The lowest BCUT2D eigenvalue weighted by molar-refractivity contribution is -0.134. The van der Waals surface area contributed by atoms with Crippen LogP contribution in [0.4, 0.5) is 0 Å². The van der Waals surface area contributed by atoms with Gasteiger partial charge in [0, 0.05) is 6.08 Å². The smallest absolute Gasteiger partial charge is 0.329 e. The van der Waals surface area contributed by atoms with E-state index >= 15 is 0 Å². The van der Waals surface area contributed by atoms with Gasteiger partial charge in [0.2, 0.25) is 0 Å². The molecule has 0 bridgehead atoms. The van der Waals surface area contributed by atoms with Crippen molar-refractivity contribution in [2.45, 2.75) is 32.5 Å². The van der Waals surface area contributed by atoms with Crippen LogP contribution in [0.1, 0.15) is 13.8 Å². The van der Waals surface area contributed by atoms with Gasteiger partial charge in [-0.15, -0.1) is 0 Å². The lowest BCUT2D eigenvalue weighted by atomic mass is 10.7. The Balaban J connectivity index is 4.19. The molecule has 0 aromatic carbocycles. The molecular weight excluding hydrogens is 168 g/mol. The number of carbonyl (C=O) groups excluding carboxylic acids is 1. The summed E-state index contributed by atoms with van der Waals surface area (Å²) < 4.78 is 4.53. The van der Waals surface area contributed by atoms with Gasteiger partial charge in [-0.05, 0) is 0 Å². The van der Waals surface area contributed by atoms with Gasteiger partial charge in [-0.1, -0.05) is 38.2 Å². The van der Waals surface area contributed by atoms with Crippen LogP contribution in [0, 0.1) is 0 Å². The van der Waals surface area contributed by atoms with Gasteiger partial charge in [0.25, 0.3) is 0 Å². The second kappa shape index (κ2) is 5.14. The van der Waals surface area contributed by atoms with Crippen LogP contribution < -0.4 is 0 Å². The van der Waals surface area contributed by atoms with Gasteiger partial charge in [0.05, 0.1) is 15.2 Å². The molecule has 0 aliphatic rings. The molecule has 12 heavy (non-hydrogen) atoms. The summed E-state index contributed by atoms with van der Waals surface area (Å²) in [5, 5.41) is 0. The van der Waals surface area contributed by atoms with Crippen molar-refractivity contribution in [1.29, 1.82) is 0 Å². The topological polar surface area (TPSA) is 26.3 Å². The third-order valence-corrected chi connectivity index (χ3v) is 6.64. The van der Waals surface area contributed by atoms with E-state index in [4.69, 9.17) is 0 Å². The molecule has 0 saturated carbocycles. The van der Waals surface area contributed by atoms with E-state index in [1.54, 1.807) is 6.08 Å². The normalized spacial score (nSPS) is 12.0. The first-order valence-electron chi connectivity index (χ1n) is 4.35. The summed E-state index contributed by atoms with van der Waals surface area (Å²) >= 11 is 0. The van der Waals surface area contributed by atoms with E-state index in [-0.39, 0.29) is 5.97 Å². The van der Waals surface area contributed by atoms with Crippen LogP contribution >= 0.6 is 0 Å². The fourth-order valence-corrected chi connectivity index (χ4v) is 2.33. The number of carbonyl (C=O) groups is 1. The highest BCUT2D eigenvalue weighted by Crippen LogP contribution is 2.15. The van der Waals surface area contributed by atoms with Crippen LogP contribution in [0.2, 0.25) is 18.6 Å². The molecule has 0 rings (SSSR count). The minimum atomic E-state index is -1.26. The number of hydrogen-bond acceptors (Lipinski definition) is 2. The molecule has 0 unspecified atom stereocenters. The molecule has 0 spiro atoms. The molecule has 2 nitrogen and oxygen atoms in total. The van der Waals surface area contributed by atoms with Gasteiger partial charge < -0.3 is 4.74 Å². The van der Waals surface area contributed by atoms with Crippen molar-refractivity contribution < 1.29 is 9.53 Å². The first-order valence-corrected chi connectivity index (χ1v) is 7.34. The van der Waals surface area contributed by atoms with Gasteiger partial charge >= 0.3 is 5.97 Å². The second-order valence-corrected chi connectivity index (χ2v) is 8.27. The Labute approximate surface area is 75.6 Å². The maximum Gasteiger partial charge on any atom is 0.329 e. The first-order chi connectivity index (χ1) is 5.58. The third kappa shape index (κ3) is 3.71. The standard InChI is InChI=1S/C9H18O2Si/c1-5-12(4,6-2)8-7-9(10)11-3/h7-8H,5-6H2,1-4H3. The maximum absolute atomic E-state index is 10.8. The van der Waals surface area contributed by atoms with Crippen molar-refractivity contribution >= 4 is 14.0 Å². The number of hydrogen-bond donors (Lipinski definition) is 0. The van der Waals surface area contributed by atoms with E-state index in [1.807, 2.05) is 0 Å². The fourth-order valence-electron chi connectivity index (χ4n) is 0.823. The predicted molar refractivity (Wildman–Crippen MR) is 53.7 cm³/mol. The van der Waals surface area contributed by atoms with Gasteiger partial charge in [0.15, 0.2) is 0 Å². The molecule has 0 aliphatic carbocycles. The molecule has 0 N–H and O–H groups in total. The monoisotopic (exact) mass is 186 g/mol. The van der Waals surface area contributed by atoms with Crippen molar-refractivity contribution in [3.63, 3.8) is 0 Å². The molecule has 0 aromatic heterocycles. The summed E-state index contributed by atoms with van der Waals surface area (Å²) in [5.41, 5.74) is 2.07. The summed E-state index contributed by atoms with van der Waals surface area (Å²) in [5.74, 6) is -0.240. The molecule has 0 saturated heterocycles. The Hall–Kier alpha value is -0.573. The van der Waals surface area contributed by atoms with Gasteiger partial charge in [0.1, 0.15) is 0 Å². The van der Waals surface area contributed by atoms with E-state index in [0.29, 0.717) is 0 Å². The zero-order valence-corrected chi connectivity index (χ0v) is 9.39. The maximum atomic E-state index is 10.8. The lowest BCUT2D eigenvalue weighted by Gasteiger charge is -2.18. The highest BCUT2D eigenvalue weighted by Gasteiger charge is 2.18. The zero-order valence-electron chi connectivity index (χ0n) is 8.39. The Morgan fingerprint density at radius 2 is 1.92 bits per heavy atom. The van der Waals surface area contributed by atoms with Crippen LogP contribution in [-0.4, -0.2) is 21.2 Å². The number of esters is 1. The lowest BCUT2D eigenvalue weighted by Crippen LogP contribution is -2.25. The second-order valence-electron chi connectivity index (χ2n) is 3.22. The molecular formula is C9H18O2Si. The molecule has 0 atom stereocenters. The molecule has 0 heterocycles. The average Bonchev–Trinajstić information content (AvgIpc) is 2.13. The minimum absolute atomic E-state index is 0.240. The Bertz CT molecular complexity index is 171. The van der Waals surface area contributed by atoms with Crippen molar-refractivity contribution in [3.8, 4) is 0 Å². The van der Waals surface area contributed by atoms with Crippen LogP contribution in [0.25, 0.3) is 0 Å². The van der Waals surface area contributed by atoms with Gasteiger partial charge in [-0.25, -0.2) is 4.79 Å². The van der Waals surface area contributed by atoms with Crippen molar-refractivity contribution in [1.82, 2.24) is 0 Å². The molecule has 3 heteroatoms. The average molecular weight is 186 g/mol. The quantitative estimate of drug-likeness (QED) is 0.383. The van der Waals surface area contributed by atoms with Crippen LogP contribution in [0.3, 0.4) is 0 Å². The summed E-state index contributed by atoms with van der Waals surface area (Å²) in [6.07, 6.45) is 1.57. The van der Waals surface area contributed by atoms with E-state index in [2.05, 4.69) is 30.8 Å². The minimum Gasteiger partial charge on any atom is -0.466 e. The third-order valence-electron chi connectivity index (χ3n) is 2.44. The van der Waals surface area contributed by atoms with E-state index in [0.717, 1.165) is 0 Å². The highest BCUT2D eigenvalue weighted by molar-refractivity contribution is 6.83. The summed E-state index contributed by atoms with van der Waals surface area (Å²) in [7, 11) is 0.148. The Kier molecular flexibility index (Phi) is 4.89. The van der Waals surface area contributed by atoms with Gasteiger partial charge in [-0.3, -0.25) is 0 Å². The number of methoxy groups -OCH3 is 1. The Morgan fingerprint density at radius 1 is 1.42 bits per heavy atom. The molecule has 70 valence electrons. The first kappa shape index (κ1) is 11.4.